The number of hydrogen-bond acceptors (Lipinski definition) is 0. The van der Waals surface area contributed by atoms with Crippen LogP contribution in [0, 0.1) is 0 Å². The molecule has 2 aromatic carbocycles. The molecule has 0 N–H and O–H groups in total. The van der Waals surface area contributed by atoms with Crippen LogP contribution in [0.3, 0.4) is 0 Å². The Morgan fingerprint density at radius 1 is 0.475 bits per heavy atom. The van der Waals surface area contributed by atoms with Crippen LogP contribution in [0.4, 0.5) is 0 Å². The van der Waals surface area contributed by atoms with Crippen LogP contribution >= 0.6 is 0 Å². The van der Waals surface area contributed by atoms with E-state index in [4.69, 9.17) is 0 Å². The van der Waals surface area contributed by atoms with Gasteiger partial charge in [0.2, 0.25) is 0 Å². The molecule has 218 valence electrons. The molecule has 2 unspecified atom stereocenters. The van der Waals surface area contributed by atoms with E-state index in [1.54, 1.807) is 58.2 Å². The van der Waals surface area contributed by atoms with Gasteiger partial charge in [-0.05, 0) is 0 Å². The summed E-state index contributed by atoms with van der Waals surface area (Å²) in [7, 11) is 0. The Balaban J connectivity index is 1.79. The average molecular weight is 697 g/mol. The van der Waals surface area contributed by atoms with E-state index in [-0.39, 0.29) is 0 Å². The number of unbranched alkanes of at least 4 members (excludes halogenated alkanes) is 4. The van der Waals surface area contributed by atoms with E-state index < -0.39 is 40.5 Å². The summed E-state index contributed by atoms with van der Waals surface area (Å²) >= 11 is -5.27. The van der Waals surface area contributed by atoms with Gasteiger partial charge < -0.3 is 0 Å². The summed E-state index contributed by atoms with van der Waals surface area (Å²) in [5.41, 5.74) is 10.0. The fourth-order valence-electron chi connectivity index (χ4n) is 8.81. The third kappa shape index (κ3) is 7.07. The molecule has 40 heavy (non-hydrogen) atoms. The molecule has 0 amide bonds. The molecule has 0 saturated heterocycles. The molecular weight excluding hydrogens is 639 g/mol. The maximum atomic E-state index is 2.59. The standard InChI is InChI=1S/2C10H9.4C4H9.C2H4.2Zr/c2*1-8-6-9-4-2-3-5-10(9)7-8;4*1-3-4-2;1-2;;/h2*2-7H,1H3;4*1,3-4H2,2H3;1-2H2;;. The summed E-state index contributed by atoms with van der Waals surface area (Å²) in [6, 6.07) is 19.1. The second kappa shape index (κ2) is 15.4. The third-order valence-electron chi connectivity index (χ3n) is 10.7. The number of rotatable bonds is 17. The molecule has 0 heterocycles. The van der Waals surface area contributed by atoms with E-state index in [0.29, 0.717) is 0 Å². The van der Waals surface area contributed by atoms with E-state index in [9.17, 15) is 0 Å². The van der Waals surface area contributed by atoms with Crippen molar-refractivity contribution < 1.29 is 40.5 Å². The van der Waals surface area contributed by atoms with Gasteiger partial charge in [-0.3, -0.25) is 0 Å². The molecule has 0 radical (unpaired) electrons. The van der Waals surface area contributed by atoms with Crippen molar-refractivity contribution in [3.63, 3.8) is 0 Å². The molecule has 0 nitrogen and oxygen atoms in total. The van der Waals surface area contributed by atoms with Crippen molar-refractivity contribution in [3.8, 4) is 0 Å². The van der Waals surface area contributed by atoms with Crippen LogP contribution in [0.1, 0.15) is 122 Å². The first-order valence-corrected chi connectivity index (χ1v) is 30.3. The first-order valence-electron chi connectivity index (χ1n) is 17.0. The fourth-order valence-corrected chi connectivity index (χ4v) is 53.8. The molecule has 2 atom stereocenters. The Morgan fingerprint density at radius 2 is 0.800 bits per heavy atom. The normalized spacial score (nSPS) is 18.4. The molecule has 0 fully saturated rings. The van der Waals surface area contributed by atoms with E-state index in [2.05, 4.69) is 102 Å². The number of allylic oxidation sites excluding steroid dienone is 2. The van der Waals surface area contributed by atoms with Crippen LogP contribution in [-0.2, 0) is 40.5 Å². The van der Waals surface area contributed by atoms with Crippen LogP contribution < -0.4 is 0 Å². The second-order valence-corrected chi connectivity index (χ2v) is 37.1. The first kappa shape index (κ1) is 32.6. The molecule has 0 aliphatic heterocycles. The third-order valence-corrected chi connectivity index (χ3v) is 43.0. The van der Waals surface area contributed by atoms with E-state index in [0.717, 1.165) is 7.25 Å². The molecule has 2 aliphatic rings. The molecule has 0 bridgehead atoms. The summed E-state index contributed by atoms with van der Waals surface area (Å²) in [4.78, 5) is 0. The van der Waals surface area contributed by atoms with Gasteiger partial charge in [0.25, 0.3) is 0 Å². The quantitative estimate of drug-likeness (QED) is 0.154. The molecule has 0 aromatic heterocycles. The van der Waals surface area contributed by atoms with E-state index in [1.165, 1.54) is 51.4 Å². The predicted octanol–water partition coefficient (Wildman–Crippen LogP) is 13.3. The van der Waals surface area contributed by atoms with Crippen LogP contribution in [0.25, 0.3) is 12.2 Å². The van der Waals surface area contributed by atoms with Gasteiger partial charge in [0, 0.05) is 0 Å². The number of benzene rings is 2. The van der Waals surface area contributed by atoms with Crippen LogP contribution in [-0.4, -0.2) is 0 Å². The number of fused-ring (bicyclic) bond motifs is 2. The van der Waals surface area contributed by atoms with Gasteiger partial charge in [0.05, 0.1) is 0 Å². The van der Waals surface area contributed by atoms with Crippen molar-refractivity contribution in [2.24, 2.45) is 0 Å². The Kier molecular flexibility index (Phi) is 12.6. The molecule has 0 spiro atoms. The Morgan fingerprint density at radius 3 is 1.12 bits per heavy atom. The van der Waals surface area contributed by atoms with Crippen LogP contribution in [0.15, 0.2) is 59.7 Å². The molecular formula is C38H58Zr2. The SMILES string of the molecule is CCC[CH2][Zr]([CH2]CCC)([CH2][CH2][Zr]([CH2]CCC)([CH2]CCC)[CH]1C(C)=Cc2ccccc21)[CH]1C(C)=Cc2ccccc21. The zero-order chi connectivity index (χ0) is 28.6. The Bertz CT molecular complexity index is 1050. The predicted molar refractivity (Wildman–Crippen MR) is 174 cm³/mol. The maximum absolute atomic E-state index is 2.63. The van der Waals surface area contributed by atoms with Crippen molar-refractivity contribution in [1.82, 2.24) is 0 Å². The summed E-state index contributed by atoms with van der Waals surface area (Å²) in [5, 5.41) is 0. The second-order valence-electron chi connectivity index (χ2n) is 13.5. The van der Waals surface area contributed by atoms with Gasteiger partial charge in [-0.25, -0.2) is 0 Å². The number of hydrogen-bond donors (Lipinski definition) is 0. The van der Waals surface area contributed by atoms with Crippen molar-refractivity contribution in [1.29, 1.82) is 0 Å². The van der Waals surface area contributed by atoms with E-state index >= 15 is 0 Å². The summed E-state index contributed by atoms with van der Waals surface area (Å²) in [6.45, 7) is 14.8. The van der Waals surface area contributed by atoms with Crippen molar-refractivity contribution in [2.45, 2.75) is 125 Å². The summed E-state index contributed by atoms with van der Waals surface area (Å²) < 4.78 is 11.4. The molecule has 0 saturated carbocycles. The monoisotopic (exact) mass is 694 g/mol. The fraction of sp³-hybridized carbons (Fsp3) is 0.579. The van der Waals surface area contributed by atoms with Crippen molar-refractivity contribution in [2.75, 3.05) is 0 Å². The zero-order valence-corrected chi connectivity index (χ0v) is 31.7. The van der Waals surface area contributed by atoms with Gasteiger partial charge in [0.1, 0.15) is 0 Å². The minimum absolute atomic E-state index is 0.817. The Labute approximate surface area is 257 Å². The molecule has 4 rings (SSSR count). The summed E-state index contributed by atoms with van der Waals surface area (Å²) in [5.74, 6) is 0. The van der Waals surface area contributed by atoms with Gasteiger partial charge in [0.15, 0.2) is 0 Å². The van der Waals surface area contributed by atoms with Gasteiger partial charge in [-0.15, -0.1) is 0 Å². The Hall–Kier alpha value is -0.314. The van der Waals surface area contributed by atoms with Gasteiger partial charge >= 0.3 is 260 Å². The summed E-state index contributed by atoms with van der Waals surface area (Å²) in [6.07, 6.45) is 16.5. The minimum atomic E-state index is -2.63. The average Bonchev–Trinajstić information content (AvgIpc) is 3.50. The van der Waals surface area contributed by atoms with Crippen molar-refractivity contribution >= 4 is 12.2 Å². The van der Waals surface area contributed by atoms with Crippen molar-refractivity contribution in [3.05, 3.63) is 81.9 Å². The van der Waals surface area contributed by atoms with Gasteiger partial charge in [-0.2, -0.15) is 0 Å². The molecule has 2 aromatic rings. The topological polar surface area (TPSA) is 0 Å². The molecule has 2 heteroatoms. The van der Waals surface area contributed by atoms with Crippen LogP contribution in [0.5, 0.6) is 0 Å². The van der Waals surface area contributed by atoms with Crippen LogP contribution in [0.2, 0.25) is 24.8 Å². The van der Waals surface area contributed by atoms with Gasteiger partial charge in [-0.1, -0.05) is 0 Å². The molecule has 2 aliphatic carbocycles. The first-order chi connectivity index (χ1) is 19.4. The van der Waals surface area contributed by atoms with E-state index in [1.807, 2.05) is 0 Å². The zero-order valence-electron chi connectivity index (χ0n) is 26.8.